The van der Waals surface area contributed by atoms with E-state index >= 15 is 0 Å². The van der Waals surface area contributed by atoms with Crippen molar-refractivity contribution < 1.29 is 22.7 Å². The Morgan fingerprint density at radius 1 is 0.917 bits per heavy atom. The Morgan fingerprint density at radius 2 is 1.56 bits per heavy atom. The smallest absolute Gasteiger partial charge is 0.185 e. The van der Waals surface area contributed by atoms with Crippen LogP contribution < -0.4 is 0 Å². The molecule has 0 aliphatic carbocycles. The SMILES string of the molecule is CC(C)c1ccc(F)c(C(C)C)c1CC(=O)CS(=O)(=O)c1cc(-c2ccccc2)cc(C(C)(C)O)c1. The van der Waals surface area contributed by atoms with E-state index in [9.17, 15) is 22.7 Å². The Kier molecular flexibility index (Phi) is 8.21. The van der Waals surface area contributed by atoms with Gasteiger partial charge in [-0.2, -0.15) is 0 Å². The van der Waals surface area contributed by atoms with Gasteiger partial charge in [0.05, 0.1) is 10.5 Å². The molecule has 0 atom stereocenters. The van der Waals surface area contributed by atoms with Crippen LogP contribution >= 0.6 is 0 Å². The van der Waals surface area contributed by atoms with Crippen molar-refractivity contribution in [3.8, 4) is 11.1 Å². The summed E-state index contributed by atoms with van der Waals surface area (Å²) < 4.78 is 41.6. The van der Waals surface area contributed by atoms with Gasteiger partial charge in [-0.15, -0.1) is 0 Å². The lowest BCUT2D eigenvalue weighted by Gasteiger charge is -2.21. The van der Waals surface area contributed by atoms with Gasteiger partial charge in [-0.1, -0.05) is 64.1 Å². The second kappa shape index (κ2) is 10.7. The highest BCUT2D eigenvalue weighted by molar-refractivity contribution is 7.92. The van der Waals surface area contributed by atoms with Crippen LogP contribution in [0.3, 0.4) is 0 Å². The number of carbonyl (C=O) groups is 1. The summed E-state index contributed by atoms with van der Waals surface area (Å²) in [6.07, 6.45) is -0.158. The van der Waals surface area contributed by atoms with E-state index in [2.05, 4.69) is 0 Å². The fourth-order valence-corrected chi connectivity index (χ4v) is 5.79. The quantitative estimate of drug-likeness (QED) is 0.354. The molecule has 0 unspecified atom stereocenters. The lowest BCUT2D eigenvalue weighted by molar-refractivity contribution is -0.116. The van der Waals surface area contributed by atoms with E-state index in [1.165, 1.54) is 18.2 Å². The third-order valence-corrected chi connectivity index (χ3v) is 8.00. The van der Waals surface area contributed by atoms with Gasteiger partial charge < -0.3 is 5.11 Å². The molecule has 36 heavy (non-hydrogen) atoms. The maximum atomic E-state index is 14.7. The number of hydrogen-bond acceptors (Lipinski definition) is 4. The van der Waals surface area contributed by atoms with E-state index in [1.54, 1.807) is 26.0 Å². The van der Waals surface area contributed by atoms with Gasteiger partial charge >= 0.3 is 0 Å². The molecule has 0 saturated heterocycles. The molecule has 0 heterocycles. The molecule has 3 aromatic carbocycles. The van der Waals surface area contributed by atoms with Gasteiger partial charge in [0, 0.05) is 6.42 Å². The molecule has 0 aliphatic heterocycles. The topological polar surface area (TPSA) is 71.4 Å². The van der Waals surface area contributed by atoms with Crippen molar-refractivity contribution in [2.45, 2.75) is 70.3 Å². The van der Waals surface area contributed by atoms with Crippen LogP contribution in [0.25, 0.3) is 11.1 Å². The van der Waals surface area contributed by atoms with Crippen LogP contribution in [0, 0.1) is 5.82 Å². The van der Waals surface area contributed by atoms with E-state index < -0.39 is 27.0 Å². The Morgan fingerprint density at radius 3 is 2.11 bits per heavy atom. The van der Waals surface area contributed by atoms with Gasteiger partial charge in [-0.05, 0) is 83.3 Å². The first kappa shape index (κ1) is 27.8. The largest absolute Gasteiger partial charge is 0.386 e. The molecule has 0 amide bonds. The summed E-state index contributed by atoms with van der Waals surface area (Å²) in [6, 6.07) is 17.1. The van der Waals surface area contributed by atoms with E-state index in [0.29, 0.717) is 22.3 Å². The molecule has 192 valence electrons. The van der Waals surface area contributed by atoms with Crippen molar-refractivity contribution in [3.05, 3.63) is 88.7 Å². The van der Waals surface area contributed by atoms with Crippen molar-refractivity contribution in [3.63, 3.8) is 0 Å². The van der Waals surface area contributed by atoms with Crippen molar-refractivity contribution in [2.75, 3.05) is 5.75 Å². The number of aliphatic hydroxyl groups is 1. The summed E-state index contributed by atoms with van der Waals surface area (Å²) >= 11 is 0. The van der Waals surface area contributed by atoms with Gasteiger partial charge in [-0.3, -0.25) is 4.79 Å². The molecule has 0 radical (unpaired) electrons. The average Bonchev–Trinajstić information content (AvgIpc) is 2.78. The summed E-state index contributed by atoms with van der Waals surface area (Å²) in [4.78, 5) is 13.1. The Hall–Kier alpha value is -2.83. The highest BCUT2D eigenvalue weighted by atomic mass is 32.2. The highest BCUT2D eigenvalue weighted by Crippen LogP contribution is 2.32. The first-order chi connectivity index (χ1) is 16.7. The average molecular weight is 511 g/mol. The van der Waals surface area contributed by atoms with Crippen LogP contribution in [0.5, 0.6) is 0 Å². The van der Waals surface area contributed by atoms with E-state index in [-0.39, 0.29) is 29.0 Å². The Labute approximate surface area is 214 Å². The minimum Gasteiger partial charge on any atom is -0.386 e. The molecular formula is C30H35FO4S. The number of Topliss-reactive ketones (excluding diaryl/α,β-unsaturated/α-hetero) is 1. The third kappa shape index (κ3) is 6.29. The maximum Gasteiger partial charge on any atom is 0.185 e. The van der Waals surface area contributed by atoms with Crippen LogP contribution in [0.1, 0.15) is 75.6 Å². The van der Waals surface area contributed by atoms with Gasteiger partial charge in [0.2, 0.25) is 0 Å². The fraction of sp³-hybridized carbons (Fsp3) is 0.367. The minimum atomic E-state index is -4.02. The highest BCUT2D eigenvalue weighted by Gasteiger charge is 2.27. The molecule has 0 aliphatic rings. The van der Waals surface area contributed by atoms with Crippen LogP contribution in [0.15, 0.2) is 65.6 Å². The van der Waals surface area contributed by atoms with E-state index in [4.69, 9.17) is 0 Å². The zero-order valence-electron chi connectivity index (χ0n) is 21.8. The number of rotatable bonds is 9. The number of benzene rings is 3. The first-order valence-electron chi connectivity index (χ1n) is 12.2. The van der Waals surface area contributed by atoms with Gasteiger partial charge in [-0.25, -0.2) is 12.8 Å². The normalized spacial score (nSPS) is 12.4. The summed E-state index contributed by atoms with van der Waals surface area (Å²) in [5, 5.41) is 10.6. The molecule has 0 aromatic heterocycles. The predicted octanol–water partition coefficient (Wildman–Crippen LogP) is 6.55. The standard InChI is InChI=1S/C30H35FO4S/c1-19(2)26-12-13-28(31)29(20(3)4)27(26)17-24(32)18-36(34,35)25-15-22(21-10-8-7-9-11-21)14-23(16-25)30(5,6)33/h7-16,19-20,33H,17-18H2,1-6H3. The van der Waals surface area contributed by atoms with Crippen LogP contribution in [0.2, 0.25) is 0 Å². The van der Waals surface area contributed by atoms with Crippen LogP contribution in [-0.4, -0.2) is 25.1 Å². The van der Waals surface area contributed by atoms with Crippen LogP contribution in [-0.2, 0) is 26.7 Å². The maximum absolute atomic E-state index is 14.7. The van der Waals surface area contributed by atoms with Gasteiger partial charge in [0.1, 0.15) is 11.6 Å². The van der Waals surface area contributed by atoms with Crippen molar-refractivity contribution in [1.29, 1.82) is 0 Å². The summed E-state index contributed by atoms with van der Waals surface area (Å²) in [5.41, 5.74) is 2.48. The van der Waals surface area contributed by atoms with Gasteiger partial charge in [0.15, 0.2) is 15.6 Å². The monoisotopic (exact) mass is 510 g/mol. The Bertz CT molecular complexity index is 1350. The molecule has 4 nitrogen and oxygen atoms in total. The molecular weight excluding hydrogens is 475 g/mol. The molecule has 1 N–H and O–H groups in total. The number of ketones is 1. The van der Waals surface area contributed by atoms with Crippen molar-refractivity contribution in [1.82, 2.24) is 0 Å². The number of hydrogen-bond donors (Lipinski definition) is 1. The fourth-order valence-electron chi connectivity index (χ4n) is 4.49. The van der Waals surface area contributed by atoms with Crippen molar-refractivity contribution in [2.24, 2.45) is 0 Å². The summed E-state index contributed by atoms with van der Waals surface area (Å²) in [6.45, 7) is 10.8. The molecule has 6 heteroatoms. The number of halogens is 1. The van der Waals surface area contributed by atoms with E-state index in [0.717, 1.165) is 11.1 Å². The summed E-state index contributed by atoms with van der Waals surface area (Å²) in [7, 11) is -4.02. The third-order valence-electron chi connectivity index (χ3n) is 6.34. The minimum absolute atomic E-state index is 0.0262. The lowest BCUT2D eigenvalue weighted by atomic mass is 9.86. The molecule has 0 fully saturated rings. The zero-order valence-corrected chi connectivity index (χ0v) is 22.6. The first-order valence-corrected chi connectivity index (χ1v) is 13.8. The number of sulfone groups is 1. The second-order valence-corrected chi connectivity index (χ2v) is 12.5. The number of carbonyl (C=O) groups excluding carboxylic acids is 1. The van der Waals surface area contributed by atoms with Crippen LogP contribution in [0.4, 0.5) is 4.39 Å². The molecule has 3 rings (SSSR count). The summed E-state index contributed by atoms with van der Waals surface area (Å²) in [5.74, 6) is -1.69. The lowest BCUT2D eigenvalue weighted by Crippen LogP contribution is -2.21. The predicted molar refractivity (Wildman–Crippen MR) is 142 cm³/mol. The zero-order chi connectivity index (χ0) is 26.8. The molecule has 3 aromatic rings. The second-order valence-electron chi connectivity index (χ2n) is 10.5. The Balaban J connectivity index is 2.01. The van der Waals surface area contributed by atoms with E-state index in [1.807, 2.05) is 58.0 Å². The van der Waals surface area contributed by atoms with Crippen molar-refractivity contribution >= 4 is 15.6 Å². The molecule has 0 spiro atoms. The molecule has 0 saturated carbocycles. The van der Waals surface area contributed by atoms with Gasteiger partial charge in [0.25, 0.3) is 0 Å². The molecule has 0 bridgehead atoms.